The molecule has 0 spiro atoms. The Morgan fingerprint density at radius 2 is 1.97 bits per heavy atom. The van der Waals surface area contributed by atoms with Crippen molar-refractivity contribution in [3.63, 3.8) is 0 Å². The minimum Gasteiger partial charge on any atom is -0.491 e. The van der Waals surface area contributed by atoms with Gasteiger partial charge in [0.2, 0.25) is 0 Å². The monoisotopic (exact) mass is 607 g/mol. The molecule has 3 heterocycles. The number of hydrogen-bond donors (Lipinski definition) is 2. The zero-order valence-corrected chi connectivity index (χ0v) is 22.5. The molecule has 0 bridgehead atoms. The Morgan fingerprint density at radius 1 is 1.15 bits per heavy atom. The second kappa shape index (κ2) is 10.7. The van der Waals surface area contributed by atoms with Gasteiger partial charge < -0.3 is 15.4 Å². The molecular formula is C22H20FIN7OPS. The summed E-state index contributed by atoms with van der Waals surface area (Å²) < 4.78 is 21.2. The summed E-state index contributed by atoms with van der Waals surface area (Å²) in [7, 11) is 0. The van der Waals surface area contributed by atoms with Crippen molar-refractivity contribution in [2.24, 2.45) is 0 Å². The lowest BCUT2D eigenvalue weighted by Gasteiger charge is -2.14. The van der Waals surface area contributed by atoms with Gasteiger partial charge in [0, 0.05) is 11.0 Å². The minimum atomic E-state index is -0.293. The molecule has 0 amide bonds. The van der Waals surface area contributed by atoms with Crippen LogP contribution in [-0.2, 0) is 0 Å². The number of aryl methyl sites for hydroxylation is 1. The maximum atomic E-state index is 13.8. The van der Waals surface area contributed by atoms with E-state index in [0.717, 1.165) is 22.1 Å². The van der Waals surface area contributed by atoms with Crippen molar-refractivity contribution >= 4 is 74.4 Å². The Bertz CT molecular complexity index is 1410. The molecule has 1 atom stereocenters. The highest BCUT2D eigenvalue weighted by molar-refractivity contribution is 14.2. The molecule has 174 valence electrons. The summed E-state index contributed by atoms with van der Waals surface area (Å²) in [6, 6.07) is 12.0. The lowest BCUT2D eigenvalue weighted by Crippen LogP contribution is -2.03. The van der Waals surface area contributed by atoms with Gasteiger partial charge in [-0.3, -0.25) is 4.34 Å². The van der Waals surface area contributed by atoms with Crippen LogP contribution in [0.4, 0.5) is 27.4 Å². The van der Waals surface area contributed by atoms with Gasteiger partial charge in [-0.25, -0.2) is 19.3 Å². The topological polar surface area (TPSA) is 101 Å². The first-order chi connectivity index (χ1) is 16.5. The van der Waals surface area contributed by atoms with Gasteiger partial charge in [-0.2, -0.15) is 5.26 Å². The van der Waals surface area contributed by atoms with Crippen molar-refractivity contribution in [3.05, 3.63) is 53.7 Å². The van der Waals surface area contributed by atoms with E-state index in [-0.39, 0.29) is 11.5 Å². The molecule has 1 unspecified atom stereocenters. The Kier molecular flexibility index (Phi) is 7.70. The molecule has 0 saturated carbocycles. The number of benzene rings is 1. The normalized spacial score (nSPS) is 11.2. The van der Waals surface area contributed by atoms with Crippen LogP contribution < -0.4 is 15.4 Å². The molecule has 34 heavy (non-hydrogen) atoms. The minimum absolute atomic E-state index is 0.192. The number of pyridine rings is 2. The SMILES string of the molecule is CCOc1ccc(Nc2cc(Nc3ccc(F)cc3SC)c3nc(C)n(PI)c3n2)nc1C#N. The number of nitriles is 1. The summed E-state index contributed by atoms with van der Waals surface area (Å²) in [5, 5.41) is 16.0. The average molecular weight is 607 g/mol. The van der Waals surface area contributed by atoms with Crippen molar-refractivity contribution in [2.45, 2.75) is 18.7 Å². The number of nitrogens with one attached hydrogen (secondary N) is 2. The summed E-state index contributed by atoms with van der Waals surface area (Å²) >= 11 is 3.74. The molecule has 0 aliphatic heterocycles. The Labute approximate surface area is 215 Å². The quantitative estimate of drug-likeness (QED) is 0.132. The van der Waals surface area contributed by atoms with Crippen LogP contribution in [0.5, 0.6) is 5.75 Å². The van der Waals surface area contributed by atoms with Crippen LogP contribution in [0, 0.1) is 24.1 Å². The zero-order valence-electron chi connectivity index (χ0n) is 18.5. The Morgan fingerprint density at radius 3 is 2.68 bits per heavy atom. The Balaban J connectivity index is 1.79. The highest BCUT2D eigenvalue weighted by Gasteiger charge is 2.17. The number of thioether (sulfide) groups is 1. The molecule has 4 rings (SSSR count). The largest absolute Gasteiger partial charge is 0.491 e. The first-order valence-electron chi connectivity index (χ1n) is 10.2. The molecule has 1 aromatic carbocycles. The first kappa shape index (κ1) is 24.4. The first-order valence-corrected chi connectivity index (χ1v) is 15.4. The van der Waals surface area contributed by atoms with Crippen LogP contribution in [-0.4, -0.2) is 32.2 Å². The van der Waals surface area contributed by atoms with Gasteiger partial charge >= 0.3 is 0 Å². The highest BCUT2D eigenvalue weighted by Crippen LogP contribution is 2.37. The summed E-state index contributed by atoms with van der Waals surface area (Å²) in [4.78, 5) is 14.6. The summed E-state index contributed by atoms with van der Waals surface area (Å²) in [6.07, 6.45) is 2.30. The number of imidazole rings is 1. The number of nitrogens with zero attached hydrogens (tertiary/aromatic N) is 5. The van der Waals surface area contributed by atoms with E-state index in [9.17, 15) is 9.65 Å². The number of hydrogen-bond acceptors (Lipinski definition) is 8. The average Bonchev–Trinajstić information content (AvgIpc) is 3.16. The van der Waals surface area contributed by atoms with E-state index < -0.39 is 0 Å². The molecule has 0 aliphatic rings. The molecule has 0 radical (unpaired) electrons. The van der Waals surface area contributed by atoms with Crippen LogP contribution in [0.1, 0.15) is 18.4 Å². The van der Waals surface area contributed by atoms with Crippen molar-refractivity contribution in [2.75, 3.05) is 23.5 Å². The summed E-state index contributed by atoms with van der Waals surface area (Å²) in [5.41, 5.74) is 3.09. The van der Waals surface area contributed by atoms with Gasteiger partial charge in [0.1, 0.15) is 34.9 Å². The van der Waals surface area contributed by atoms with Gasteiger partial charge in [0.15, 0.2) is 17.1 Å². The number of rotatable bonds is 8. The molecule has 0 aliphatic carbocycles. The van der Waals surface area contributed by atoms with Crippen molar-refractivity contribution < 1.29 is 9.13 Å². The number of fused-ring (bicyclic) bond motifs is 1. The fourth-order valence-electron chi connectivity index (χ4n) is 3.33. The van der Waals surface area contributed by atoms with Gasteiger partial charge in [-0.15, -0.1) is 11.8 Å². The predicted octanol–water partition coefficient (Wildman–Crippen LogP) is 6.54. The van der Waals surface area contributed by atoms with Crippen molar-refractivity contribution in [1.29, 1.82) is 5.26 Å². The van der Waals surface area contributed by atoms with E-state index in [2.05, 4.69) is 43.7 Å². The summed E-state index contributed by atoms with van der Waals surface area (Å²) in [5.74, 6) is 1.97. The maximum Gasteiger partial charge on any atom is 0.184 e. The Hall–Kier alpha value is -2.68. The van der Waals surface area contributed by atoms with Crippen molar-refractivity contribution in [3.8, 4) is 11.8 Å². The number of aromatic nitrogens is 4. The van der Waals surface area contributed by atoms with Crippen molar-refractivity contribution in [1.82, 2.24) is 19.3 Å². The maximum absolute atomic E-state index is 13.8. The molecule has 0 saturated heterocycles. The van der Waals surface area contributed by atoms with Crippen LogP contribution in [0.2, 0.25) is 0 Å². The van der Waals surface area contributed by atoms with E-state index in [0.29, 0.717) is 41.5 Å². The van der Waals surface area contributed by atoms with Crippen LogP contribution in [0.25, 0.3) is 11.2 Å². The van der Waals surface area contributed by atoms with Gasteiger partial charge in [0.25, 0.3) is 0 Å². The lowest BCUT2D eigenvalue weighted by molar-refractivity contribution is 0.338. The van der Waals surface area contributed by atoms with E-state index in [1.54, 1.807) is 18.2 Å². The third kappa shape index (κ3) is 5.04. The summed E-state index contributed by atoms with van der Waals surface area (Å²) in [6.45, 7) is 4.23. The van der Waals surface area contributed by atoms with E-state index in [1.807, 2.05) is 30.5 Å². The van der Waals surface area contributed by atoms with Gasteiger partial charge in [-0.05, 0) is 72.5 Å². The molecule has 2 N–H and O–H groups in total. The molecule has 8 nitrogen and oxygen atoms in total. The predicted molar refractivity (Wildman–Crippen MR) is 145 cm³/mol. The second-order valence-corrected chi connectivity index (χ2v) is 9.90. The van der Waals surface area contributed by atoms with E-state index >= 15 is 0 Å². The third-order valence-electron chi connectivity index (χ3n) is 4.82. The number of ether oxygens (including phenoxy) is 1. The number of halogens is 2. The standard InChI is InChI=1S/C22H20FIN7OPS/c1-4-32-17-7-8-19(28-16(17)11-25)29-20-10-15(21-22(30-20)31(33-24)12(2)26-21)27-14-6-5-13(23)9-18(14)34-3/h5-10,33H,4H2,1-3H3,(H2,27,28,29,30). The van der Waals surface area contributed by atoms with E-state index in [1.165, 1.54) is 23.9 Å². The molecule has 12 heteroatoms. The van der Waals surface area contributed by atoms with Gasteiger partial charge in [-0.1, -0.05) is 0 Å². The third-order valence-corrected chi connectivity index (χ3v) is 7.75. The fraction of sp³-hybridized carbons (Fsp3) is 0.182. The van der Waals surface area contributed by atoms with E-state index in [4.69, 9.17) is 14.7 Å². The lowest BCUT2D eigenvalue weighted by atomic mass is 10.2. The molecule has 0 fully saturated rings. The zero-order chi connectivity index (χ0) is 24.2. The molecular weight excluding hydrogens is 587 g/mol. The molecule has 4 aromatic rings. The smallest absolute Gasteiger partial charge is 0.184 e. The number of anilines is 4. The van der Waals surface area contributed by atoms with Crippen LogP contribution in [0.3, 0.4) is 0 Å². The highest BCUT2D eigenvalue weighted by atomic mass is 127. The van der Waals surface area contributed by atoms with Crippen LogP contribution in [0.15, 0.2) is 41.3 Å². The molecule has 3 aromatic heterocycles. The van der Waals surface area contributed by atoms with Crippen LogP contribution >= 0.6 is 40.2 Å². The fourth-order valence-corrected chi connectivity index (χ4v) is 6.04. The van der Waals surface area contributed by atoms with Gasteiger partial charge in [0.05, 0.1) is 24.4 Å². The second-order valence-electron chi connectivity index (χ2n) is 6.99.